The molecule has 0 unspecified atom stereocenters. The molecule has 18 heavy (non-hydrogen) atoms. The fraction of sp³-hybridized carbons (Fsp3) is 0.133. The van der Waals surface area contributed by atoms with E-state index in [0.717, 1.165) is 16.6 Å². The summed E-state index contributed by atoms with van der Waals surface area (Å²) in [5, 5.41) is 0.967. The lowest BCUT2D eigenvalue weighted by atomic mass is 10.0. The smallest absolute Gasteiger partial charge is 0.162 e. The number of hydrogen-bond donors (Lipinski definition) is 0. The van der Waals surface area contributed by atoms with E-state index in [1.54, 1.807) is 6.20 Å². The second kappa shape index (κ2) is 4.18. The highest BCUT2D eigenvalue weighted by Gasteiger charge is 2.03. The summed E-state index contributed by atoms with van der Waals surface area (Å²) in [5.41, 5.74) is 5.54. The van der Waals surface area contributed by atoms with Crippen LogP contribution in [0.5, 0.6) is 0 Å². The van der Waals surface area contributed by atoms with Crippen LogP contribution in [-0.2, 0) is 0 Å². The highest BCUT2D eigenvalue weighted by Crippen LogP contribution is 2.23. The van der Waals surface area contributed by atoms with Crippen molar-refractivity contribution in [2.75, 3.05) is 0 Å². The highest BCUT2D eigenvalue weighted by molar-refractivity contribution is 5.80. The topological polar surface area (TPSA) is 38.7 Å². The van der Waals surface area contributed by atoms with Crippen molar-refractivity contribution in [3.8, 4) is 11.1 Å². The third kappa shape index (κ3) is 1.95. The van der Waals surface area contributed by atoms with Crippen LogP contribution in [0.15, 0.2) is 43.0 Å². The summed E-state index contributed by atoms with van der Waals surface area (Å²) in [5.74, 6) is 0. The number of nitrogens with zero attached hydrogens (tertiary/aromatic N) is 3. The summed E-state index contributed by atoms with van der Waals surface area (Å²) in [4.78, 5) is 12.5. The Labute approximate surface area is 106 Å². The zero-order valence-electron chi connectivity index (χ0n) is 10.4. The van der Waals surface area contributed by atoms with Crippen molar-refractivity contribution >= 4 is 11.0 Å². The molecular weight excluding hydrogens is 222 g/mol. The van der Waals surface area contributed by atoms with Gasteiger partial charge in [-0.3, -0.25) is 0 Å². The molecule has 0 saturated heterocycles. The first-order chi connectivity index (χ1) is 8.72. The first-order valence-electron chi connectivity index (χ1n) is 5.87. The van der Waals surface area contributed by atoms with Gasteiger partial charge in [0, 0.05) is 23.3 Å². The largest absolute Gasteiger partial charge is 0.244 e. The number of pyridine rings is 1. The Balaban J connectivity index is 2.19. The van der Waals surface area contributed by atoms with E-state index in [2.05, 4.69) is 53.1 Å². The van der Waals surface area contributed by atoms with Crippen LogP contribution >= 0.6 is 0 Å². The van der Waals surface area contributed by atoms with Crippen LogP contribution in [0.3, 0.4) is 0 Å². The third-order valence-electron chi connectivity index (χ3n) is 2.91. The SMILES string of the molecule is Cc1cc(C)cc(-c2cnc3ncncc3c2)c1. The molecule has 0 aliphatic carbocycles. The van der Waals surface area contributed by atoms with Crippen LogP contribution in [-0.4, -0.2) is 15.0 Å². The van der Waals surface area contributed by atoms with Gasteiger partial charge in [-0.05, 0) is 25.5 Å². The molecule has 2 aromatic heterocycles. The minimum Gasteiger partial charge on any atom is -0.244 e. The first-order valence-corrected chi connectivity index (χ1v) is 5.87. The van der Waals surface area contributed by atoms with E-state index in [-0.39, 0.29) is 0 Å². The third-order valence-corrected chi connectivity index (χ3v) is 2.91. The van der Waals surface area contributed by atoms with E-state index < -0.39 is 0 Å². The molecular formula is C15H13N3. The predicted octanol–water partition coefficient (Wildman–Crippen LogP) is 3.31. The van der Waals surface area contributed by atoms with E-state index in [4.69, 9.17) is 0 Å². The molecule has 0 N–H and O–H groups in total. The molecule has 0 radical (unpaired) electrons. The molecule has 0 amide bonds. The molecule has 0 aliphatic rings. The Morgan fingerprint density at radius 1 is 0.778 bits per heavy atom. The van der Waals surface area contributed by atoms with Gasteiger partial charge in [0.2, 0.25) is 0 Å². The van der Waals surface area contributed by atoms with Gasteiger partial charge in [-0.15, -0.1) is 0 Å². The maximum absolute atomic E-state index is 4.37. The summed E-state index contributed by atoms with van der Waals surface area (Å²) in [6.45, 7) is 4.21. The Hall–Kier alpha value is -2.29. The average Bonchev–Trinajstić information content (AvgIpc) is 2.37. The van der Waals surface area contributed by atoms with Crippen molar-refractivity contribution in [3.05, 3.63) is 54.1 Å². The fourth-order valence-electron chi connectivity index (χ4n) is 2.18. The van der Waals surface area contributed by atoms with Gasteiger partial charge >= 0.3 is 0 Å². The molecule has 88 valence electrons. The molecule has 0 saturated carbocycles. The summed E-state index contributed by atoms with van der Waals surface area (Å²) in [6, 6.07) is 8.58. The van der Waals surface area contributed by atoms with Crippen LogP contribution in [0.4, 0.5) is 0 Å². The Bertz CT molecular complexity index is 700. The molecule has 0 atom stereocenters. The molecule has 0 fully saturated rings. The zero-order chi connectivity index (χ0) is 12.5. The van der Waals surface area contributed by atoms with Crippen LogP contribution in [0.1, 0.15) is 11.1 Å². The normalized spacial score (nSPS) is 10.8. The number of benzene rings is 1. The van der Waals surface area contributed by atoms with Gasteiger partial charge in [-0.25, -0.2) is 15.0 Å². The molecule has 3 nitrogen and oxygen atoms in total. The average molecular weight is 235 g/mol. The van der Waals surface area contributed by atoms with E-state index in [9.17, 15) is 0 Å². The lowest BCUT2D eigenvalue weighted by Gasteiger charge is -2.05. The Morgan fingerprint density at radius 3 is 2.33 bits per heavy atom. The molecule has 3 heteroatoms. The monoisotopic (exact) mass is 235 g/mol. The molecule has 0 spiro atoms. The highest BCUT2D eigenvalue weighted by atomic mass is 14.9. The van der Waals surface area contributed by atoms with Crippen molar-refractivity contribution in [3.63, 3.8) is 0 Å². The van der Waals surface area contributed by atoms with Gasteiger partial charge in [0.05, 0.1) is 0 Å². The van der Waals surface area contributed by atoms with Gasteiger partial charge < -0.3 is 0 Å². The minimum atomic E-state index is 0.734. The van der Waals surface area contributed by atoms with Gasteiger partial charge in [0.1, 0.15) is 6.33 Å². The van der Waals surface area contributed by atoms with E-state index >= 15 is 0 Å². The summed E-state index contributed by atoms with van der Waals surface area (Å²) in [7, 11) is 0. The van der Waals surface area contributed by atoms with Crippen molar-refractivity contribution in [1.29, 1.82) is 0 Å². The van der Waals surface area contributed by atoms with Crippen LogP contribution in [0.2, 0.25) is 0 Å². The lowest BCUT2D eigenvalue weighted by Crippen LogP contribution is -1.88. The van der Waals surface area contributed by atoms with Crippen molar-refractivity contribution in [1.82, 2.24) is 15.0 Å². The number of rotatable bonds is 1. The van der Waals surface area contributed by atoms with E-state index in [1.807, 2.05) is 6.20 Å². The summed E-state index contributed by atoms with van der Waals surface area (Å²) < 4.78 is 0. The molecule has 0 bridgehead atoms. The number of fused-ring (bicyclic) bond motifs is 1. The quantitative estimate of drug-likeness (QED) is 0.649. The standard InChI is InChI=1S/C15H13N3/c1-10-3-11(2)5-12(4-10)13-6-14-7-16-9-18-15(14)17-8-13/h3-9H,1-2H3. The van der Waals surface area contributed by atoms with Crippen molar-refractivity contribution in [2.24, 2.45) is 0 Å². The lowest BCUT2D eigenvalue weighted by molar-refractivity contribution is 1.18. The van der Waals surface area contributed by atoms with E-state index in [0.29, 0.717) is 0 Å². The Kier molecular flexibility index (Phi) is 2.52. The van der Waals surface area contributed by atoms with Gasteiger partial charge in [0.25, 0.3) is 0 Å². The zero-order valence-corrected chi connectivity index (χ0v) is 10.4. The first kappa shape index (κ1) is 10.8. The second-order valence-corrected chi connectivity index (χ2v) is 4.54. The maximum Gasteiger partial charge on any atom is 0.162 e. The molecule has 1 aromatic carbocycles. The van der Waals surface area contributed by atoms with E-state index in [1.165, 1.54) is 23.0 Å². The molecule has 2 heterocycles. The van der Waals surface area contributed by atoms with Crippen molar-refractivity contribution < 1.29 is 0 Å². The summed E-state index contributed by atoms with van der Waals surface area (Å²) in [6.07, 6.45) is 5.18. The number of aromatic nitrogens is 3. The molecule has 0 aliphatic heterocycles. The molecule has 3 rings (SSSR count). The summed E-state index contributed by atoms with van der Waals surface area (Å²) >= 11 is 0. The predicted molar refractivity (Wildman–Crippen MR) is 72.2 cm³/mol. The molecule has 3 aromatic rings. The van der Waals surface area contributed by atoms with Crippen LogP contribution in [0, 0.1) is 13.8 Å². The number of hydrogen-bond acceptors (Lipinski definition) is 3. The number of aryl methyl sites for hydroxylation is 2. The van der Waals surface area contributed by atoms with Crippen LogP contribution in [0.25, 0.3) is 22.2 Å². The van der Waals surface area contributed by atoms with Gasteiger partial charge in [0.15, 0.2) is 5.65 Å². The van der Waals surface area contributed by atoms with Gasteiger partial charge in [-0.1, -0.05) is 29.3 Å². The van der Waals surface area contributed by atoms with Gasteiger partial charge in [-0.2, -0.15) is 0 Å². The van der Waals surface area contributed by atoms with Crippen molar-refractivity contribution in [2.45, 2.75) is 13.8 Å². The Morgan fingerprint density at radius 2 is 1.56 bits per heavy atom. The fourth-order valence-corrected chi connectivity index (χ4v) is 2.18. The maximum atomic E-state index is 4.37. The second-order valence-electron chi connectivity index (χ2n) is 4.54. The van der Waals surface area contributed by atoms with Crippen LogP contribution < -0.4 is 0 Å². The minimum absolute atomic E-state index is 0.734.